The molecule has 2 amide bonds. The molecule has 0 aliphatic carbocycles. The van der Waals surface area contributed by atoms with Crippen LogP contribution >= 0.6 is 0 Å². The molecule has 0 aromatic carbocycles. The van der Waals surface area contributed by atoms with Gasteiger partial charge in [-0.05, 0) is 57.9 Å². The second-order valence-electron chi connectivity index (χ2n) is 16.3. The molecule has 0 aliphatic rings. The standard InChI is InChI=1S/C45H87N7O4/c1-3-5-7-9-11-13-15-17-18-19-21-23-25-27-29-34-43(54)49-41(38-52-37-39(50-51-52)36-48-45(56)40(47)32-30-31-35-46)44(55)42(53)33-28-26-24-22-20-16-14-12-10-8-6-4-2/h17-18,37,40-42,44,53,55H,3-16,19-36,38,46-47H2,1-2H3,(H,48,56)(H,49,54)/b18-17-/t40?,41-,42+,44-/m0/s1. The van der Waals surface area contributed by atoms with Crippen molar-refractivity contribution in [3.05, 3.63) is 24.0 Å². The first-order chi connectivity index (χ1) is 27.3. The number of nitrogens with zero attached hydrogens (tertiary/aromatic N) is 3. The van der Waals surface area contributed by atoms with Gasteiger partial charge in [-0.25, -0.2) is 0 Å². The van der Waals surface area contributed by atoms with Crippen molar-refractivity contribution in [3.63, 3.8) is 0 Å². The van der Waals surface area contributed by atoms with Gasteiger partial charge in [0.15, 0.2) is 0 Å². The summed E-state index contributed by atoms with van der Waals surface area (Å²) in [4.78, 5) is 25.5. The number of carbonyl (C=O) groups excluding carboxylic acids is 2. The molecule has 0 bridgehead atoms. The maximum absolute atomic E-state index is 13.1. The van der Waals surface area contributed by atoms with E-state index in [4.69, 9.17) is 11.5 Å². The fourth-order valence-electron chi connectivity index (χ4n) is 7.17. The van der Waals surface area contributed by atoms with Crippen molar-refractivity contribution in [1.29, 1.82) is 0 Å². The summed E-state index contributed by atoms with van der Waals surface area (Å²) in [6, 6.07) is -1.35. The second-order valence-corrected chi connectivity index (χ2v) is 16.3. The number of aliphatic hydroxyl groups excluding tert-OH is 2. The lowest BCUT2D eigenvalue weighted by Gasteiger charge is -2.28. The number of hydrogen-bond donors (Lipinski definition) is 6. The Labute approximate surface area is 342 Å². The summed E-state index contributed by atoms with van der Waals surface area (Å²) in [5.41, 5.74) is 12.1. The smallest absolute Gasteiger partial charge is 0.237 e. The summed E-state index contributed by atoms with van der Waals surface area (Å²) >= 11 is 0. The first-order valence-corrected chi connectivity index (χ1v) is 23.2. The molecule has 0 spiro atoms. The van der Waals surface area contributed by atoms with Crippen molar-refractivity contribution in [2.75, 3.05) is 6.54 Å². The number of carbonyl (C=O) groups is 2. The summed E-state index contributed by atoms with van der Waals surface area (Å²) in [6.45, 7) is 5.39. The lowest BCUT2D eigenvalue weighted by molar-refractivity contribution is -0.124. The zero-order valence-electron chi connectivity index (χ0n) is 36.1. The molecule has 326 valence electrons. The molecule has 4 atom stereocenters. The minimum atomic E-state index is -1.15. The average Bonchev–Trinajstić information content (AvgIpc) is 3.65. The van der Waals surface area contributed by atoms with E-state index in [0.717, 1.165) is 64.2 Å². The molecule has 0 aliphatic heterocycles. The van der Waals surface area contributed by atoms with Crippen LogP contribution < -0.4 is 22.1 Å². The molecular weight excluding hydrogens is 703 g/mol. The highest BCUT2D eigenvalue weighted by molar-refractivity contribution is 5.81. The van der Waals surface area contributed by atoms with Crippen LogP contribution in [0.15, 0.2) is 18.3 Å². The van der Waals surface area contributed by atoms with Gasteiger partial charge in [0, 0.05) is 6.42 Å². The summed E-state index contributed by atoms with van der Waals surface area (Å²) in [5, 5.41) is 36.5. The predicted octanol–water partition coefficient (Wildman–Crippen LogP) is 8.69. The van der Waals surface area contributed by atoms with Crippen LogP contribution in [0.5, 0.6) is 0 Å². The third-order valence-electron chi connectivity index (χ3n) is 10.9. The molecule has 8 N–H and O–H groups in total. The second kappa shape index (κ2) is 37.0. The van der Waals surface area contributed by atoms with Gasteiger partial charge in [0.1, 0.15) is 11.8 Å². The van der Waals surface area contributed by atoms with Crippen molar-refractivity contribution in [2.24, 2.45) is 11.5 Å². The Morgan fingerprint density at radius 1 is 0.714 bits per heavy atom. The van der Waals surface area contributed by atoms with Gasteiger partial charge in [0.05, 0.1) is 37.5 Å². The zero-order valence-corrected chi connectivity index (χ0v) is 36.1. The normalized spacial score (nSPS) is 13.9. The lowest BCUT2D eigenvalue weighted by Crippen LogP contribution is -2.50. The largest absolute Gasteiger partial charge is 0.390 e. The van der Waals surface area contributed by atoms with Crippen LogP contribution in [0.3, 0.4) is 0 Å². The van der Waals surface area contributed by atoms with Gasteiger partial charge >= 0.3 is 0 Å². The van der Waals surface area contributed by atoms with Crippen LogP contribution in [0.25, 0.3) is 0 Å². The van der Waals surface area contributed by atoms with Gasteiger partial charge in [-0.3, -0.25) is 14.3 Å². The Bertz CT molecular complexity index is 1080. The van der Waals surface area contributed by atoms with Crippen LogP contribution in [-0.4, -0.2) is 67.9 Å². The lowest BCUT2D eigenvalue weighted by atomic mass is 9.98. The van der Waals surface area contributed by atoms with Gasteiger partial charge < -0.3 is 32.3 Å². The van der Waals surface area contributed by atoms with Gasteiger partial charge in [-0.2, -0.15) is 0 Å². The predicted molar refractivity (Wildman–Crippen MR) is 232 cm³/mol. The highest BCUT2D eigenvalue weighted by atomic mass is 16.3. The Morgan fingerprint density at radius 2 is 1.21 bits per heavy atom. The third kappa shape index (κ3) is 29.0. The van der Waals surface area contributed by atoms with Crippen LogP contribution in [0, 0.1) is 0 Å². The van der Waals surface area contributed by atoms with E-state index in [1.807, 2.05) is 0 Å². The molecular formula is C45H87N7O4. The van der Waals surface area contributed by atoms with E-state index < -0.39 is 24.3 Å². The van der Waals surface area contributed by atoms with Crippen molar-refractivity contribution in [1.82, 2.24) is 25.6 Å². The molecule has 1 unspecified atom stereocenters. The Balaban J connectivity index is 2.53. The number of rotatable bonds is 40. The van der Waals surface area contributed by atoms with Gasteiger partial charge in [0.2, 0.25) is 11.8 Å². The number of nitrogens with two attached hydrogens (primary N) is 2. The third-order valence-corrected chi connectivity index (χ3v) is 10.9. The summed E-state index contributed by atoms with van der Waals surface area (Å²) in [7, 11) is 0. The van der Waals surface area contributed by atoms with E-state index in [0.29, 0.717) is 31.5 Å². The molecule has 0 radical (unpaired) electrons. The first-order valence-electron chi connectivity index (χ1n) is 23.2. The maximum Gasteiger partial charge on any atom is 0.237 e. The molecule has 1 rings (SSSR count). The minimum absolute atomic E-state index is 0.138. The summed E-state index contributed by atoms with van der Waals surface area (Å²) in [5.74, 6) is -0.394. The number of hydrogen-bond acceptors (Lipinski definition) is 8. The van der Waals surface area contributed by atoms with Gasteiger partial charge in [0.25, 0.3) is 0 Å². The fraction of sp³-hybridized carbons (Fsp3) is 0.867. The van der Waals surface area contributed by atoms with Gasteiger partial charge in [-0.1, -0.05) is 166 Å². The molecule has 11 heteroatoms. The number of unbranched alkanes of at least 4 members (excludes halogenated alkanes) is 23. The van der Waals surface area contributed by atoms with Crippen molar-refractivity contribution < 1.29 is 19.8 Å². The Hall–Kier alpha value is -2.34. The molecule has 56 heavy (non-hydrogen) atoms. The highest BCUT2D eigenvalue weighted by Crippen LogP contribution is 2.16. The number of aromatic nitrogens is 3. The van der Waals surface area contributed by atoms with Crippen LogP contribution in [0.1, 0.15) is 212 Å². The minimum Gasteiger partial charge on any atom is -0.390 e. The summed E-state index contributed by atoms with van der Waals surface area (Å²) < 4.78 is 1.55. The fourth-order valence-corrected chi connectivity index (χ4v) is 7.17. The van der Waals surface area contributed by atoms with E-state index in [1.54, 1.807) is 10.9 Å². The first kappa shape index (κ1) is 51.7. The molecule has 11 nitrogen and oxygen atoms in total. The quantitative estimate of drug-likeness (QED) is 0.0282. The van der Waals surface area contributed by atoms with Crippen LogP contribution in [0.2, 0.25) is 0 Å². The van der Waals surface area contributed by atoms with Crippen molar-refractivity contribution >= 4 is 11.8 Å². The Kier molecular flexibility index (Phi) is 34.1. The van der Waals surface area contributed by atoms with E-state index in [1.165, 1.54) is 109 Å². The van der Waals surface area contributed by atoms with Gasteiger partial charge in [-0.15, -0.1) is 5.10 Å². The number of allylic oxidation sites excluding steroid dienone is 2. The monoisotopic (exact) mass is 790 g/mol. The van der Waals surface area contributed by atoms with E-state index >= 15 is 0 Å². The average molecular weight is 790 g/mol. The number of nitrogens with one attached hydrogen (secondary N) is 2. The zero-order chi connectivity index (χ0) is 40.9. The van der Waals surface area contributed by atoms with E-state index in [-0.39, 0.29) is 24.9 Å². The number of amides is 2. The molecule has 0 fully saturated rings. The van der Waals surface area contributed by atoms with E-state index in [2.05, 4.69) is 46.9 Å². The number of aliphatic hydroxyl groups is 2. The molecule has 0 saturated heterocycles. The summed E-state index contributed by atoms with van der Waals surface area (Å²) in [6.07, 6.45) is 37.5. The molecule has 0 saturated carbocycles. The van der Waals surface area contributed by atoms with Crippen molar-refractivity contribution in [2.45, 2.75) is 244 Å². The van der Waals surface area contributed by atoms with Crippen molar-refractivity contribution in [3.8, 4) is 0 Å². The maximum atomic E-state index is 13.1. The van der Waals surface area contributed by atoms with Crippen LogP contribution in [0.4, 0.5) is 0 Å². The highest BCUT2D eigenvalue weighted by Gasteiger charge is 2.28. The van der Waals surface area contributed by atoms with E-state index in [9.17, 15) is 19.8 Å². The molecule has 1 aromatic rings. The Morgan fingerprint density at radius 3 is 1.77 bits per heavy atom. The topological polar surface area (TPSA) is 181 Å². The molecule has 1 aromatic heterocycles. The molecule has 1 heterocycles. The SMILES string of the molecule is CCCCCCCC/C=C\CCCCCCCC(=O)N[C@@H](Cn1cc(CNC(=O)C(N)CCCCN)nn1)[C@H](O)[C@H](O)CCCCCCCCCCCCCC. The van der Waals surface area contributed by atoms with Crippen LogP contribution in [-0.2, 0) is 22.7 Å².